The van der Waals surface area contributed by atoms with Crippen LogP contribution in [0.3, 0.4) is 0 Å². The van der Waals surface area contributed by atoms with Crippen molar-refractivity contribution in [2.24, 2.45) is 0 Å². The van der Waals surface area contributed by atoms with Crippen molar-refractivity contribution in [3.63, 3.8) is 0 Å². The van der Waals surface area contributed by atoms with Crippen LogP contribution >= 0.6 is 0 Å². The van der Waals surface area contributed by atoms with E-state index >= 15 is 0 Å². The van der Waals surface area contributed by atoms with Gasteiger partial charge in [-0.1, -0.05) is 12.1 Å². The number of hydrogen-bond donors (Lipinski definition) is 2. The lowest BCUT2D eigenvalue weighted by molar-refractivity contribution is 0.0953. The van der Waals surface area contributed by atoms with Crippen molar-refractivity contribution in [3.05, 3.63) is 54.0 Å². The second kappa shape index (κ2) is 8.14. The lowest BCUT2D eigenvalue weighted by atomic mass is 10.1. The summed E-state index contributed by atoms with van der Waals surface area (Å²) in [5, 5.41) is 5.89. The molecule has 0 bridgehead atoms. The molecule has 2 aromatic rings. The van der Waals surface area contributed by atoms with E-state index in [0.29, 0.717) is 17.8 Å². The van der Waals surface area contributed by atoms with Crippen LogP contribution in [0.25, 0.3) is 0 Å². The summed E-state index contributed by atoms with van der Waals surface area (Å²) < 4.78 is 5.13. The van der Waals surface area contributed by atoms with Gasteiger partial charge in [0.15, 0.2) is 5.76 Å². The zero-order valence-electron chi connectivity index (χ0n) is 13.3. The van der Waals surface area contributed by atoms with Gasteiger partial charge in [-0.3, -0.25) is 9.59 Å². The Balaban J connectivity index is 2.13. The van der Waals surface area contributed by atoms with Crippen LogP contribution in [0.2, 0.25) is 0 Å². The average molecular weight is 315 g/mol. The van der Waals surface area contributed by atoms with Crippen molar-refractivity contribution in [2.75, 3.05) is 32.1 Å². The molecule has 0 radical (unpaired) electrons. The molecule has 2 rings (SSSR count). The first-order chi connectivity index (χ1) is 11.1. The number of furan rings is 1. The first kappa shape index (κ1) is 16.8. The van der Waals surface area contributed by atoms with Gasteiger partial charge in [0.1, 0.15) is 0 Å². The van der Waals surface area contributed by atoms with E-state index < -0.39 is 0 Å². The van der Waals surface area contributed by atoms with Crippen molar-refractivity contribution in [1.29, 1.82) is 0 Å². The van der Waals surface area contributed by atoms with E-state index in [-0.39, 0.29) is 17.6 Å². The highest BCUT2D eigenvalue weighted by Crippen LogP contribution is 2.21. The summed E-state index contributed by atoms with van der Waals surface area (Å²) in [6.45, 7) is 1.41. The van der Waals surface area contributed by atoms with Gasteiger partial charge in [0.2, 0.25) is 0 Å². The van der Waals surface area contributed by atoms with Crippen molar-refractivity contribution < 1.29 is 14.0 Å². The van der Waals surface area contributed by atoms with E-state index in [4.69, 9.17) is 4.42 Å². The molecular formula is C17H21N3O3. The standard InChI is InChI=1S/C17H21N3O3/c1-18-10-6-11-19-16(21)13-7-3-4-8-14(13)20(2)17(22)15-9-5-12-23-15/h3-5,7-9,12,18H,6,10-11H2,1-2H3,(H,19,21). The van der Waals surface area contributed by atoms with Gasteiger partial charge in [-0.15, -0.1) is 0 Å². The third kappa shape index (κ3) is 4.20. The number of carbonyl (C=O) groups excluding carboxylic acids is 2. The molecule has 0 spiro atoms. The summed E-state index contributed by atoms with van der Waals surface area (Å²) in [5.74, 6) is -0.266. The molecule has 122 valence electrons. The molecule has 2 amide bonds. The summed E-state index contributed by atoms with van der Waals surface area (Å²) in [6, 6.07) is 10.3. The highest BCUT2D eigenvalue weighted by atomic mass is 16.3. The van der Waals surface area contributed by atoms with Gasteiger partial charge in [-0.05, 0) is 44.3 Å². The van der Waals surface area contributed by atoms with Crippen molar-refractivity contribution in [3.8, 4) is 0 Å². The SMILES string of the molecule is CNCCCNC(=O)c1ccccc1N(C)C(=O)c1ccco1. The first-order valence-corrected chi connectivity index (χ1v) is 7.48. The third-order valence-electron chi connectivity index (χ3n) is 3.44. The minimum Gasteiger partial charge on any atom is -0.459 e. The van der Waals surface area contributed by atoms with Crippen molar-refractivity contribution in [2.45, 2.75) is 6.42 Å². The van der Waals surface area contributed by atoms with Crippen LogP contribution in [-0.4, -0.2) is 39.0 Å². The maximum absolute atomic E-state index is 12.4. The van der Waals surface area contributed by atoms with Gasteiger partial charge < -0.3 is 20.0 Å². The molecule has 0 saturated carbocycles. The van der Waals surface area contributed by atoms with Gasteiger partial charge in [0.05, 0.1) is 17.5 Å². The zero-order chi connectivity index (χ0) is 16.7. The van der Waals surface area contributed by atoms with Crippen LogP contribution in [0.4, 0.5) is 5.69 Å². The predicted molar refractivity (Wildman–Crippen MR) is 88.8 cm³/mol. The van der Waals surface area contributed by atoms with Crippen LogP contribution in [0.15, 0.2) is 47.1 Å². The average Bonchev–Trinajstić information content (AvgIpc) is 3.11. The molecule has 0 aliphatic heterocycles. The number of benzene rings is 1. The Labute approximate surface area is 135 Å². The van der Waals surface area contributed by atoms with Gasteiger partial charge in [-0.25, -0.2) is 0 Å². The van der Waals surface area contributed by atoms with E-state index in [1.807, 2.05) is 7.05 Å². The summed E-state index contributed by atoms with van der Waals surface area (Å²) in [7, 11) is 3.49. The van der Waals surface area contributed by atoms with Crippen LogP contribution in [0.5, 0.6) is 0 Å². The van der Waals surface area contributed by atoms with Gasteiger partial charge in [0.25, 0.3) is 11.8 Å². The fourth-order valence-electron chi connectivity index (χ4n) is 2.20. The smallest absolute Gasteiger partial charge is 0.293 e. The Bertz CT molecular complexity index is 653. The van der Waals surface area contributed by atoms with Crippen molar-refractivity contribution in [1.82, 2.24) is 10.6 Å². The van der Waals surface area contributed by atoms with Crippen LogP contribution in [0, 0.1) is 0 Å². The number of nitrogens with one attached hydrogen (secondary N) is 2. The van der Waals surface area contributed by atoms with E-state index in [1.54, 1.807) is 43.4 Å². The van der Waals surface area contributed by atoms with E-state index in [9.17, 15) is 9.59 Å². The Morgan fingerprint density at radius 3 is 2.61 bits per heavy atom. The Hall–Kier alpha value is -2.60. The molecule has 2 N–H and O–H groups in total. The molecule has 0 aliphatic carbocycles. The summed E-state index contributed by atoms with van der Waals surface area (Å²) in [5.41, 5.74) is 0.999. The summed E-state index contributed by atoms with van der Waals surface area (Å²) >= 11 is 0. The molecule has 0 aliphatic rings. The molecule has 0 atom stereocenters. The quantitative estimate of drug-likeness (QED) is 0.765. The number of amides is 2. The number of anilines is 1. The second-order valence-electron chi connectivity index (χ2n) is 5.07. The van der Waals surface area contributed by atoms with E-state index in [2.05, 4.69) is 10.6 Å². The molecule has 6 nitrogen and oxygen atoms in total. The first-order valence-electron chi connectivity index (χ1n) is 7.48. The molecule has 1 aromatic carbocycles. The van der Waals surface area contributed by atoms with Gasteiger partial charge in [0, 0.05) is 13.6 Å². The number of nitrogens with zero attached hydrogens (tertiary/aromatic N) is 1. The largest absolute Gasteiger partial charge is 0.459 e. The molecular weight excluding hydrogens is 294 g/mol. The lowest BCUT2D eigenvalue weighted by Gasteiger charge is -2.19. The molecule has 0 unspecified atom stereocenters. The normalized spacial score (nSPS) is 10.3. The maximum atomic E-state index is 12.4. The number of rotatable bonds is 7. The monoisotopic (exact) mass is 315 g/mol. The lowest BCUT2D eigenvalue weighted by Crippen LogP contribution is -2.31. The van der Waals surface area contributed by atoms with Crippen molar-refractivity contribution >= 4 is 17.5 Å². The molecule has 1 aromatic heterocycles. The van der Waals surface area contributed by atoms with E-state index in [0.717, 1.165) is 13.0 Å². The Morgan fingerprint density at radius 2 is 1.91 bits per heavy atom. The molecule has 23 heavy (non-hydrogen) atoms. The topological polar surface area (TPSA) is 74.6 Å². The summed E-state index contributed by atoms with van der Waals surface area (Å²) in [6.07, 6.45) is 2.28. The van der Waals surface area contributed by atoms with Crippen LogP contribution in [-0.2, 0) is 0 Å². The highest BCUT2D eigenvalue weighted by molar-refractivity contribution is 6.09. The third-order valence-corrected chi connectivity index (χ3v) is 3.44. The zero-order valence-corrected chi connectivity index (χ0v) is 13.3. The van der Waals surface area contributed by atoms with Gasteiger partial charge in [-0.2, -0.15) is 0 Å². The predicted octanol–water partition coefficient (Wildman–Crippen LogP) is 1.90. The van der Waals surface area contributed by atoms with Crippen LogP contribution < -0.4 is 15.5 Å². The summed E-state index contributed by atoms with van der Waals surface area (Å²) in [4.78, 5) is 26.1. The number of para-hydroxylation sites is 1. The fraction of sp³-hybridized carbons (Fsp3) is 0.294. The number of hydrogen-bond acceptors (Lipinski definition) is 4. The van der Waals surface area contributed by atoms with E-state index in [1.165, 1.54) is 11.2 Å². The van der Waals surface area contributed by atoms with Crippen LogP contribution in [0.1, 0.15) is 27.3 Å². The Morgan fingerprint density at radius 1 is 1.13 bits per heavy atom. The molecule has 0 saturated heterocycles. The maximum Gasteiger partial charge on any atom is 0.293 e. The number of carbonyl (C=O) groups is 2. The molecule has 1 heterocycles. The fourth-order valence-corrected chi connectivity index (χ4v) is 2.20. The minimum absolute atomic E-state index is 0.198. The highest BCUT2D eigenvalue weighted by Gasteiger charge is 2.20. The minimum atomic E-state index is -0.301. The molecule has 0 fully saturated rings. The Kier molecular flexibility index (Phi) is 5.94. The second-order valence-corrected chi connectivity index (χ2v) is 5.07. The molecule has 6 heteroatoms. The van der Waals surface area contributed by atoms with Gasteiger partial charge >= 0.3 is 0 Å².